The Kier molecular flexibility index (Phi) is 2.86. The molecule has 2 rings (SSSR count). The van der Waals surface area contributed by atoms with Gasteiger partial charge in [0.05, 0.1) is 10.3 Å². The molecular weight excluding hydrogens is 316 g/mol. The normalized spacial score (nSPS) is 10.6. The van der Waals surface area contributed by atoms with Gasteiger partial charge >= 0.3 is 0 Å². The molecule has 2 aromatic rings. The van der Waals surface area contributed by atoms with Crippen molar-refractivity contribution in [2.24, 2.45) is 0 Å². The first-order valence-electron chi connectivity index (χ1n) is 3.66. The number of hydrogen-bond acceptors (Lipinski definition) is 2. The van der Waals surface area contributed by atoms with E-state index in [0.29, 0.717) is 0 Å². The largest absolute Gasteiger partial charge is 0.267 e. The molecule has 2 heterocycles. The zero-order valence-electron chi connectivity index (χ0n) is 6.58. The Morgan fingerprint density at radius 2 is 2.23 bits per heavy atom. The van der Waals surface area contributed by atoms with E-state index >= 15 is 0 Å². The molecule has 0 fully saturated rings. The van der Waals surface area contributed by atoms with Crippen LogP contribution >= 0.6 is 43.2 Å². The number of aromatic nitrogens is 2. The van der Waals surface area contributed by atoms with E-state index in [-0.39, 0.29) is 0 Å². The Balaban J connectivity index is 2.19. The molecule has 0 saturated heterocycles. The summed E-state index contributed by atoms with van der Waals surface area (Å²) in [5.41, 5.74) is 1.26. The van der Waals surface area contributed by atoms with Crippen molar-refractivity contribution in [2.45, 2.75) is 6.54 Å². The van der Waals surface area contributed by atoms with Gasteiger partial charge in [-0.15, -0.1) is 11.3 Å². The molecule has 0 aromatic carbocycles. The van der Waals surface area contributed by atoms with E-state index in [0.717, 1.165) is 11.1 Å². The van der Waals surface area contributed by atoms with Crippen LogP contribution in [0.25, 0.3) is 0 Å². The number of nitrogens with zero attached hydrogens (tertiary/aromatic N) is 2. The van der Waals surface area contributed by atoms with E-state index in [2.05, 4.69) is 48.4 Å². The summed E-state index contributed by atoms with van der Waals surface area (Å²) in [6.07, 6.45) is 1.95. The first-order chi connectivity index (χ1) is 6.25. The Morgan fingerprint density at radius 3 is 2.77 bits per heavy atom. The molecule has 0 amide bonds. The van der Waals surface area contributed by atoms with Crippen molar-refractivity contribution in [1.29, 1.82) is 0 Å². The van der Waals surface area contributed by atoms with E-state index in [1.807, 2.05) is 16.9 Å². The van der Waals surface area contributed by atoms with Crippen LogP contribution in [0.4, 0.5) is 0 Å². The third kappa shape index (κ3) is 2.21. The molecule has 13 heavy (non-hydrogen) atoms. The van der Waals surface area contributed by atoms with Crippen LogP contribution in [-0.2, 0) is 6.54 Å². The summed E-state index contributed by atoms with van der Waals surface area (Å²) in [6.45, 7) is 0.815. The highest BCUT2D eigenvalue weighted by Crippen LogP contribution is 2.24. The van der Waals surface area contributed by atoms with Gasteiger partial charge in [0.15, 0.2) is 0 Å². The van der Waals surface area contributed by atoms with Crippen molar-refractivity contribution in [3.63, 3.8) is 0 Å². The van der Waals surface area contributed by atoms with Gasteiger partial charge < -0.3 is 0 Å². The summed E-state index contributed by atoms with van der Waals surface area (Å²) >= 11 is 8.50. The summed E-state index contributed by atoms with van der Waals surface area (Å²) in [5, 5.41) is 6.31. The SMILES string of the molecule is Brc1ccn(Cc2ccsc2Br)n1. The summed E-state index contributed by atoms with van der Waals surface area (Å²) in [7, 11) is 0. The molecule has 0 aliphatic heterocycles. The van der Waals surface area contributed by atoms with Crippen molar-refractivity contribution < 1.29 is 0 Å². The Bertz CT molecular complexity index is 408. The highest BCUT2D eigenvalue weighted by atomic mass is 79.9. The molecule has 0 aliphatic rings. The highest BCUT2D eigenvalue weighted by molar-refractivity contribution is 9.11. The predicted octanol–water partition coefficient (Wildman–Crippen LogP) is 3.52. The Hall–Kier alpha value is -0.130. The van der Waals surface area contributed by atoms with Gasteiger partial charge in [-0.2, -0.15) is 5.10 Å². The average Bonchev–Trinajstić information content (AvgIpc) is 2.64. The molecule has 0 atom stereocenters. The smallest absolute Gasteiger partial charge is 0.128 e. The van der Waals surface area contributed by atoms with Gasteiger partial charge in [-0.05, 0) is 54.9 Å². The second-order valence-corrected chi connectivity index (χ2v) is 5.60. The van der Waals surface area contributed by atoms with E-state index in [1.165, 1.54) is 9.35 Å². The first-order valence-corrected chi connectivity index (χ1v) is 6.13. The van der Waals surface area contributed by atoms with Crippen LogP contribution in [0.5, 0.6) is 0 Å². The molecule has 0 aliphatic carbocycles. The minimum Gasteiger partial charge on any atom is -0.267 e. The first kappa shape index (κ1) is 9.43. The summed E-state index contributed by atoms with van der Waals surface area (Å²) < 4.78 is 3.95. The molecular formula is C8H6Br2N2S. The van der Waals surface area contributed by atoms with Crippen molar-refractivity contribution in [3.8, 4) is 0 Å². The molecule has 2 aromatic heterocycles. The average molecular weight is 322 g/mol. The minimum atomic E-state index is 0.815. The number of thiophene rings is 1. The summed E-state index contributed by atoms with van der Waals surface area (Å²) in [5.74, 6) is 0. The maximum atomic E-state index is 4.24. The third-order valence-corrected chi connectivity index (χ3v) is 3.87. The van der Waals surface area contributed by atoms with Crippen molar-refractivity contribution >= 4 is 43.2 Å². The third-order valence-electron chi connectivity index (χ3n) is 1.63. The van der Waals surface area contributed by atoms with Crippen LogP contribution in [0.3, 0.4) is 0 Å². The predicted molar refractivity (Wildman–Crippen MR) is 61.0 cm³/mol. The lowest BCUT2D eigenvalue weighted by atomic mass is 10.3. The van der Waals surface area contributed by atoms with Crippen LogP contribution < -0.4 is 0 Å². The standard InChI is InChI=1S/C8H6Br2N2S/c9-7-1-3-12(11-7)5-6-2-4-13-8(6)10/h1-4H,5H2. The quantitative estimate of drug-likeness (QED) is 0.827. The van der Waals surface area contributed by atoms with Crippen molar-refractivity contribution in [3.05, 3.63) is 37.7 Å². The summed E-state index contributed by atoms with van der Waals surface area (Å²) in [4.78, 5) is 0. The second-order valence-electron chi connectivity index (χ2n) is 2.56. The molecule has 0 unspecified atom stereocenters. The zero-order chi connectivity index (χ0) is 9.26. The number of rotatable bonds is 2. The van der Waals surface area contributed by atoms with E-state index in [1.54, 1.807) is 11.3 Å². The van der Waals surface area contributed by atoms with Gasteiger partial charge in [-0.1, -0.05) is 0 Å². The lowest BCUT2D eigenvalue weighted by Gasteiger charge is -1.98. The molecule has 68 valence electrons. The molecule has 0 spiro atoms. The minimum absolute atomic E-state index is 0.815. The summed E-state index contributed by atoms with van der Waals surface area (Å²) in [6, 6.07) is 4.03. The lowest BCUT2D eigenvalue weighted by Crippen LogP contribution is -1.98. The molecule has 0 N–H and O–H groups in total. The molecule has 5 heteroatoms. The van der Waals surface area contributed by atoms with E-state index < -0.39 is 0 Å². The molecule has 0 radical (unpaired) electrons. The Morgan fingerprint density at radius 1 is 1.38 bits per heavy atom. The van der Waals surface area contributed by atoms with Gasteiger partial charge in [-0.25, -0.2) is 0 Å². The van der Waals surface area contributed by atoms with Gasteiger partial charge in [-0.3, -0.25) is 4.68 Å². The van der Waals surface area contributed by atoms with Crippen molar-refractivity contribution in [1.82, 2.24) is 9.78 Å². The van der Waals surface area contributed by atoms with Gasteiger partial charge in [0.25, 0.3) is 0 Å². The monoisotopic (exact) mass is 320 g/mol. The van der Waals surface area contributed by atoms with Crippen LogP contribution in [0.15, 0.2) is 32.1 Å². The lowest BCUT2D eigenvalue weighted by molar-refractivity contribution is 0.682. The van der Waals surface area contributed by atoms with Crippen LogP contribution in [0.1, 0.15) is 5.56 Å². The molecule has 0 bridgehead atoms. The topological polar surface area (TPSA) is 17.8 Å². The zero-order valence-corrected chi connectivity index (χ0v) is 10.6. The van der Waals surface area contributed by atoms with Crippen LogP contribution in [-0.4, -0.2) is 9.78 Å². The van der Waals surface area contributed by atoms with Gasteiger partial charge in [0, 0.05) is 6.20 Å². The fourth-order valence-corrected chi connectivity index (χ4v) is 2.57. The van der Waals surface area contributed by atoms with Gasteiger partial charge in [0.2, 0.25) is 0 Å². The fourth-order valence-electron chi connectivity index (χ4n) is 1.03. The highest BCUT2D eigenvalue weighted by Gasteiger charge is 2.02. The fraction of sp³-hybridized carbons (Fsp3) is 0.125. The maximum absolute atomic E-state index is 4.24. The van der Waals surface area contributed by atoms with Crippen molar-refractivity contribution in [2.75, 3.05) is 0 Å². The Labute approximate surface area is 96.8 Å². The number of halogens is 2. The number of hydrogen-bond donors (Lipinski definition) is 0. The molecule has 2 nitrogen and oxygen atoms in total. The maximum Gasteiger partial charge on any atom is 0.128 e. The van der Waals surface area contributed by atoms with E-state index in [4.69, 9.17) is 0 Å². The van der Waals surface area contributed by atoms with Crippen LogP contribution in [0, 0.1) is 0 Å². The van der Waals surface area contributed by atoms with Crippen LogP contribution in [0.2, 0.25) is 0 Å². The van der Waals surface area contributed by atoms with Gasteiger partial charge in [0.1, 0.15) is 4.60 Å². The molecule has 0 saturated carbocycles. The van der Waals surface area contributed by atoms with E-state index in [9.17, 15) is 0 Å². The second kappa shape index (κ2) is 3.94.